The van der Waals surface area contributed by atoms with Crippen LogP contribution in [0, 0.1) is 6.92 Å². The number of aryl methyl sites for hydroxylation is 1. The molecule has 0 aliphatic carbocycles. The number of nitrogens with one attached hydrogen (secondary N) is 1. The normalized spacial score (nSPS) is 11.7. The van der Waals surface area contributed by atoms with Crippen molar-refractivity contribution in [1.82, 2.24) is 10.5 Å². The summed E-state index contributed by atoms with van der Waals surface area (Å²) in [6.07, 6.45) is 0. The zero-order valence-corrected chi connectivity index (χ0v) is 12.2. The Morgan fingerprint density at radius 3 is 2.68 bits per heavy atom. The summed E-state index contributed by atoms with van der Waals surface area (Å²) in [6.45, 7) is 2.97. The average molecular weight is 304 g/mol. The van der Waals surface area contributed by atoms with Crippen molar-refractivity contribution in [3.63, 3.8) is 0 Å². The number of aromatic carboxylic acids is 1. The van der Waals surface area contributed by atoms with E-state index >= 15 is 0 Å². The van der Waals surface area contributed by atoms with E-state index in [0.717, 1.165) is 0 Å². The number of carboxylic acids is 1. The fourth-order valence-corrected chi connectivity index (χ4v) is 1.96. The first-order valence-electron chi connectivity index (χ1n) is 6.65. The molecule has 7 nitrogen and oxygen atoms in total. The molecular weight excluding hydrogens is 288 g/mol. The maximum absolute atomic E-state index is 11.8. The third kappa shape index (κ3) is 3.63. The van der Waals surface area contributed by atoms with Crippen LogP contribution in [-0.2, 0) is 4.79 Å². The van der Waals surface area contributed by atoms with Crippen molar-refractivity contribution in [3.8, 4) is 5.75 Å². The van der Waals surface area contributed by atoms with Gasteiger partial charge in [-0.15, -0.1) is 0 Å². The van der Waals surface area contributed by atoms with Crippen molar-refractivity contribution in [2.24, 2.45) is 0 Å². The Morgan fingerprint density at radius 1 is 1.36 bits per heavy atom. The summed E-state index contributed by atoms with van der Waals surface area (Å²) in [7, 11) is 0. The number of hydrogen-bond acceptors (Lipinski definition) is 5. The van der Waals surface area contributed by atoms with Crippen LogP contribution >= 0.6 is 0 Å². The summed E-state index contributed by atoms with van der Waals surface area (Å²) in [6, 6.07) is 8.28. The molecule has 2 rings (SSSR count). The van der Waals surface area contributed by atoms with Crippen LogP contribution in [0.25, 0.3) is 0 Å². The molecule has 0 aliphatic rings. The molecule has 0 aliphatic heterocycles. The number of ether oxygens (including phenoxy) is 1. The number of nitrogens with zero attached hydrogens (tertiary/aromatic N) is 1. The molecule has 2 N–H and O–H groups in total. The highest BCUT2D eigenvalue weighted by molar-refractivity contribution is 5.90. The fraction of sp³-hybridized carbons (Fsp3) is 0.267. The predicted molar refractivity (Wildman–Crippen MR) is 76.7 cm³/mol. The van der Waals surface area contributed by atoms with Gasteiger partial charge >= 0.3 is 5.97 Å². The number of amides is 1. The largest absolute Gasteiger partial charge is 0.484 e. The molecular formula is C15H16N2O5. The van der Waals surface area contributed by atoms with Gasteiger partial charge in [-0.2, -0.15) is 0 Å². The van der Waals surface area contributed by atoms with Gasteiger partial charge in [-0.25, -0.2) is 4.79 Å². The fourth-order valence-electron chi connectivity index (χ4n) is 1.96. The van der Waals surface area contributed by atoms with Crippen LogP contribution < -0.4 is 10.1 Å². The molecule has 0 bridgehead atoms. The first-order valence-corrected chi connectivity index (χ1v) is 6.65. The van der Waals surface area contributed by atoms with Crippen LogP contribution in [0.4, 0.5) is 0 Å². The number of para-hydroxylation sites is 1. The van der Waals surface area contributed by atoms with E-state index in [2.05, 4.69) is 10.5 Å². The maximum atomic E-state index is 11.8. The second kappa shape index (κ2) is 6.75. The second-order valence-corrected chi connectivity index (χ2v) is 4.70. The van der Waals surface area contributed by atoms with E-state index in [4.69, 9.17) is 14.4 Å². The minimum absolute atomic E-state index is 0.0308. The Labute approximate surface area is 126 Å². The Kier molecular flexibility index (Phi) is 4.77. The molecule has 2 aromatic rings. The summed E-state index contributed by atoms with van der Waals surface area (Å²) in [5.41, 5.74) is 0.237. The van der Waals surface area contributed by atoms with Crippen molar-refractivity contribution >= 4 is 11.9 Å². The van der Waals surface area contributed by atoms with Gasteiger partial charge in [-0.1, -0.05) is 23.4 Å². The van der Waals surface area contributed by atoms with Crippen molar-refractivity contribution in [1.29, 1.82) is 0 Å². The van der Waals surface area contributed by atoms with Gasteiger partial charge in [-0.3, -0.25) is 4.79 Å². The Bertz CT molecular complexity index is 666. The highest BCUT2D eigenvalue weighted by Gasteiger charge is 2.25. The molecule has 1 aromatic carbocycles. The molecule has 22 heavy (non-hydrogen) atoms. The van der Waals surface area contributed by atoms with Crippen molar-refractivity contribution in [2.75, 3.05) is 6.61 Å². The molecule has 1 aromatic heterocycles. The number of carbonyl (C=O) groups is 2. The van der Waals surface area contributed by atoms with Gasteiger partial charge < -0.3 is 19.7 Å². The monoisotopic (exact) mass is 304 g/mol. The summed E-state index contributed by atoms with van der Waals surface area (Å²) < 4.78 is 10.3. The Balaban J connectivity index is 1.95. The second-order valence-electron chi connectivity index (χ2n) is 4.70. The molecule has 1 atom stereocenters. The van der Waals surface area contributed by atoms with Crippen LogP contribution in [0.1, 0.15) is 34.8 Å². The minimum Gasteiger partial charge on any atom is -0.484 e. The number of carbonyl (C=O) groups excluding carboxylic acids is 1. The lowest BCUT2D eigenvalue weighted by Gasteiger charge is -2.12. The Morgan fingerprint density at radius 2 is 2.05 bits per heavy atom. The first kappa shape index (κ1) is 15.6. The molecule has 1 amide bonds. The molecule has 0 fully saturated rings. The topological polar surface area (TPSA) is 102 Å². The third-order valence-electron chi connectivity index (χ3n) is 2.99. The molecule has 0 spiro atoms. The molecule has 7 heteroatoms. The quantitative estimate of drug-likeness (QED) is 0.845. The smallest absolute Gasteiger partial charge is 0.341 e. The molecule has 0 saturated heterocycles. The van der Waals surface area contributed by atoms with Gasteiger partial charge in [0.2, 0.25) is 0 Å². The molecule has 0 radical (unpaired) electrons. The predicted octanol–water partition coefficient (Wildman–Crippen LogP) is 1.94. The van der Waals surface area contributed by atoms with E-state index in [1.54, 1.807) is 31.2 Å². The van der Waals surface area contributed by atoms with Gasteiger partial charge in [-0.05, 0) is 26.0 Å². The third-order valence-corrected chi connectivity index (χ3v) is 2.99. The lowest BCUT2D eigenvalue weighted by molar-refractivity contribution is -0.123. The standard InChI is InChI=1S/C15H16N2O5/c1-9-13(15(19)20)14(22-17-9)10(2)16-12(18)8-21-11-6-4-3-5-7-11/h3-7,10H,8H2,1-2H3,(H,16,18)(H,19,20). The highest BCUT2D eigenvalue weighted by Crippen LogP contribution is 2.20. The number of hydrogen-bond donors (Lipinski definition) is 2. The van der Waals surface area contributed by atoms with Crippen LogP contribution in [0.2, 0.25) is 0 Å². The van der Waals surface area contributed by atoms with Gasteiger partial charge in [0.1, 0.15) is 11.3 Å². The van der Waals surface area contributed by atoms with Crippen LogP contribution in [0.15, 0.2) is 34.9 Å². The van der Waals surface area contributed by atoms with E-state index in [-0.39, 0.29) is 29.5 Å². The highest BCUT2D eigenvalue weighted by atomic mass is 16.5. The number of rotatable bonds is 6. The van der Waals surface area contributed by atoms with Gasteiger partial charge in [0, 0.05) is 0 Å². The van der Waals surface area contributed by atoms with E-state index < -0.39 is 12.0 Å². The van der Waals surface area contributed by atoms with E-state index in [0.29, 0.717) is 5.75 Å². The number of aromatic nitrogens is 1. The van der Waals surface area contributed by atoms with Gasteiger partial charge in [0.05, 0.1) is 11.7 Å². The van der Waals surface area contributed by atoms with Crippen LogP contribution in [0.5, 0.6) is 5.75 Å². The van der Waals surface area contributed by atoms with E-state index in [1.165, 1.54) is 6.92 Å². The first-order chi connectivity index (χ1) is 10.5. The molecule has 116 valence electrons. The molecule has 1 heterocycles. The number of carboxylic acid groups (broad SMARTS) is 1. The van der Waals surface area contributed by atoms with E-state index in [1.807, 2.05) is 6.07 Å². The Hall–Kier alpha value is -2.83. The lowest BCUT2D eigenvalue weighted by atomic mass is 10.1. The van der Waals surface area contributed by atoms with Crippen molar-refractivity contribution in [2.45, 2.75) is 19.9 Å². The lowest BCUT2D eigenvalue weighted by Crippen LogP contribution is -2.31. The van der Waals surface area contributed by atoms with Gasteiger partial charge in [0.15, 0.2) is 12.4 Å². The summed E-state index contributed by atoms with van der Waals surface area (Å²) in [5, 5.41) is 15.4. The molecule has 0 saturated carbocycles. The average Bonchev–Trinajstić information content (AvgIpc) is 2.88. The van der Waals surface area contributed by atoms with Crippen LogP contribution in [0.3, 0.4) is 0 Å². The SMILES string of the molecule is Cc1noc(C(C)NC(=O)COc2ccccc2)c1C(=O)O. The van der Waals surface area contributed by atoms with Gasteiger partial charge in [0.25, 0.3) is 5.91 Å². The van der Waals surface area contributed by atoms with Crippen LogP contribution in [-0.4, -0.2) is 28.7 Å². The zero-order valence-electron chi connectivity index (χ0n) is 12.2. The maximum Gasteiger partial charge on any atom is 0.341 e. The zero-order chi connectivity index (χ0) is 16.1. The summed E-state index contributed by atoms with van der Waals surface area (Å²) in [4.78, 5) is 23.0. The minimum atomic E-state index is -1.14. The van der Waals surface area contributed by atoms with E-state index in [9.17, 15) is 9.59 Å². The van der Waals surface area contributed by atoms with Crippen molar-refractivity contribution in [3.05, 3.63) is 47.3 Å². The summed E-state index contributed by atoms with van der Waals surface area (Å²) in [5.74, 6) is -0.845. The molecule has 1 unspecified atom stereocenters. The van der Waals surface area contributed by atoms with Crippen molar-refractivity contribution < 1.29 is 24.0 Å². The number of benzene rings is 1. The summed E-state index contributed by atoms with van der Waals surface area (Å²) >= 11 is 0.